The lowest BCUT2D eigenvalue weighted by atomic mass is 9.98. The Morgan fingerprint density at radius 3 is 2.14 bits per heavy atom. The minimum Gasteiger partial charge on any atom is -0.489 e. The summed E-state index contributed by atoms with van der Waals surface area (Å²) in [6.07, 6.45) is 0. The number of esters is 1. The number of rotatable bonds is 7. The lowest BCUT2D eigenvalue weighted by Crippen LogP contribution is -2.15. The molecule has 0 aliphatic carbocycles. The van der Waals surface area contributed by atoms with Crippen LogP contribution >= 0.6 is 0 Å². The Hall–Kier alpha value is -3.40. The van der Waals surface area contributed by atoms with E-state index in [4.69, 9.17) is 9.47 Å². The fourth-order valence-electron chi connectivity index (χ4n) is 2.97. The quantitative estimate of drug-likeness (QED) is 0.411. The van der Waals surface area contributed by atoms with Gasteiger partial charge in [-0.15, -0.1) is 0 Å². The first-order valence-electron chi connectivity index (χ1n) is 9.49. The van der Waals surface area contributed by atoms with Gasteiger partial charge in [0.25, 0.3) is 0 Å². The Balaban J connectivity index is 1.55. The first-order valence-corrected chi connectivity index (χ1v) is 9.49. The maximum atomic E-state index is 12.4. The second-order valence-corrected chi connectivity index (χ2v) is 7.05. The molecule has 148 valence electrons. The molecule has 0 aliphatic heterocycles. The van der Waals surface area contributed by atoms with Crippen LogP contribution < -0.4 is 4.74 Å². The number of aryl methyl sites for hydroxylation is 3. The van der Waals surface area contributed by atoms with Crippen LogP contribution in [0.15, 0.2) is 66.7 Å². The summed E-state index contributed by atoms with van der Waals surface area (Å²) in [6.45, 7) is 5.98. The standard InChI is InChI=1S/C25H24O4/c1-17-13-19(3)23(14-18(17)2)24(26)16-29-25(27)21-11-9-20(10-12-21)15-28-22-7-5-4-6-8-22/h4-14H,15-16H2,1-3H3. The molecular weight excluding hydrogens is 364 g/mol. The molecular formula is C25H24O4. The molecule has 0 fully saturated rings. The highest BCUT2D eigenvalue weighted by Crippen LogP contribution is 2.17. The van der Waals surface area contributed by atoms with Gasteiger partial charge in [-0.2, -0.15) is 0 Å². The van der Waals surface area contributed by atoms with Crippen LogP contribution in [0.5, 0.6) is 5.75 Å². The van der Waals surface area contributed by atoms with Crippen LogP contribution in [0, 0.1) is 20.8 Å². The first-order chi connectivity index (χ1) is 13.9. The molecule has 0 N–H and O–H groups in total. The fraction of sp³-hybridized carbons (Fsp3) is 0.200. The summed E-state index contributed by atoms with van der Waals surface area (Å²) in [7, 11) is 0. The van der Waals surface area contributed by atoms with Crippen LogP contribution in [0.1, 0.15) is 43.0 Å². The van der Waals surface area contributed by atoms with Gasteiger partial charge in [0.05, 0.1) is 5.56 Å². The van der Waals surface area contributed by atoms with E-state index in [1.165, 1.54) is 0 Å². The van der Waals surface area contributed by atoms with Crippen molar-refractivity contribution in [1.29, 1.82) is 0 Å². The van der Waals surface area contributed by atoms with Crippen molar-refractivity contribution in [2.45, 2.75) is 27.4 Å². The highest BCUT2D eigenvalue weighted by Gasteiger charge is 2.14. The van der Waals surface area contributed by atoms with E-state index in [0.717, 1.165) is 28.0 Å². The SMILES string of the molecule is Cc1cc(C)c(C(=O)COC(=O)c2ccc(COc3ccccc3)cc2)cc1C. The first kappa shape index (κ1) is 20.3. The van der Waals surface area contributed by atoms with Crippen molar-refractivity contribution in [2.24, 2.45) is 0 Å². The van der Waals surface area contributed by atoms with Crippen molar-refractivity contribution < 1.29 is 19.1 Å². The largest absolute Gasteiger partial charge is 0.489 e. The highest BCUT2D eigenvalue weighted by molar-refractivity contribution is 6.00. The van der Waals surface area contributed by atoms with Gasteiger partial charge in [-0.05, 0) is 73.4 Å². The predicted octanol–water partition coefficient (Wildman–Crippen LogP) is 5.23. The fourth-order valence-corrected chi connectivity index (χ4v) is 2.97. The highest BCUT2D eigenvalue weighted by atomic mass is 16.5. The van der Waals surface area contributed by atoms with E-state index < -0.39 is 5.97 Å². The summed E-state index contributed by atoms with van der Waals surface area (Å²) in [5.74, 6) is 0.0679. The molecule has 0 unspecified atom stereocenters. The van der Waals surface area contributed by atoms with E-state index in [0.29, 0.717) is 17.7 Å². The number of hydrogen-bond donors (Lipinski definition) is 0. The molecule has 0 radical (unpaired) electrons. The average Bonchev–Trinajstić information content (AvgIpc) is 2.74. The van der Waals surface area contributed by atoms with Crippen molar-refractivity contribution in [3.8, 4) is 5.75 Å². The van der Waals surface area contributed by atoms with Crippen molar-refractivity contribution >= 4 is 11.8 Å². The maximum absolute atomic E-state index is 12.4. The van der Waals surface area contributed by atoms with Gasteiger partial charge in [0, 0.05) is 5.56 Å². The lowest BCUT2D eigenvalue weighted by molar-refractivity contribution is 0.0474. The number of ketones is 1. The summed E-state index contributed by atoms with van der Waals surface area (Å²) >= 11 is 0. The molecule has 3 aromatic carbocycles. The Morgan fingerprint density at radius 2 is 1.45 bits per heavy atom. The molecule has 3 rings (SSSR count). The summed E-state index contributed by atoms with van der Waals surface area (Å²) < 4.78 is 10.9. The number of carbonyl (C=O) groups is 2. The lowest BCUT2D eigenvalue weighted by Gasteiger charge is -2.10. The van der Waals surface area contributed by atoms with Gasteiger partial charge in [0.15, 0.2) is 6.61 Å². The van der Waals surface area contributed by atoms with Gasteiger partial charge in [0.1, 0.15) is 12.4 Å². The van der Waals surface area contributed by atoms with E-state index in [1.54, 1.807) is 12.1 Å². The van der Waals surface area contributed by atoms with E-state index in [9.17, 15) is 9.59 Å². The van der Waals surface area contributed by atoms with Crippen LogP contribution in [0.25, 0.3) is 0 Å². The topological polar surface area (TPSA) is 52.6 Å². The number of Topliss-reactive ketones (excluding diaryl/α,β-unsaturated/α-hetero) is 1. The second-order valence-electron chi connectivity index (χ2n) is 7.05. The zero-order valence-corrected chi connectivity index (χ0v) is 16.9. The van der Waals surface area contributed by atoms with Crippen molar-refractivity contribution in [2.75, 3.05) is 6.61 Å². The Kier molecular flexibility index (Phi) is 6.45. The van der Waals surface area contributed by atoms with Crippen molar-refractivity contribution in [3.05, 3.63) is 100 Å². The monoisotopic (exact) mass is 388 g/mol. The normalized spacial score (nSPS) is 10.4. The third-order valence-electron chi connectivity index (χ3n) is 4.81. The van der Waals surface area contributed by atoms with Gasteiger partial charge in [-0.1, -0.05) is 36.4 Å². The number of benzene rings is 3. The molecule has 0 saturated carbocycles. The minimum absolute atomic E-state index is 0.202. The zero-order valence-electron chi connectivity index (χ0n) is 16.9. The van der Waals surface area contributed by atoms with Crippen molar-refractivity contribution in [3.63, 3.8) is 0 Å². The molecule has 0 heterocycles. The average molecular weight is 388 g/mol. The third kappa shape index (κ3) is 5.32. The Labute approximate surface area is 171 Å². The van der Waals surface area contributed by atoms with E-state index in [-0.39, 0.29) is 12.4 Å². The van der Waals surface area contributed by atoms with Gasteiger partial charge < -0.3 is 9.47 Å². The van der Waals surface area contributed by atoms with Crippen LogP contribution in [0.3, 0.4) is 0 Å². The van der Waals surface area contributed by atoms with Gasteiger partial charge in [-0.25, -0.2) is 4.79 Å². The molecule has 3 aromatic rings. The second kappa shape index (κ2) is 9.20. The van der Waals surface area contributed by atoms with E-state index in [1.807, 2.05) is 75.4 Å². The molecule has 0 spiro atoms. The molecule has 4 heteroatoms. The Morgan fingerprint density at radius 1 is 0.793 bits per heavy atom. The molecule has 0 saturated heterocycles. The number of carbonyl (C=O) groups excluding carboxylic acids is 2. The van der Waals surface area contributed by atoms with Crippen LogP contribution in [-0.4, -0.2) is 18.4 Å². The molecule has 29 heavy (non-hydrogen) atoms. The molecule has 0 atom stereocenters. The molecule has 0 amide bonds. The molecule has 0 aromatic heterocycles. The summed E-state index contributed by atoms with van der Waals surface area (Å²) in [5.41, 5.74) is 4.99. The summed E-state index contributed by atoms with van der Waals surface area (Å²) in [6, 6.07) is 20.3. The summed E-state index contributed by atoms with van der Waals surface area (Å²) in [4.78, 5) is 24.7. The van der Waals surface area contributed by atoms with Crippen LogP contribution in [0.4, 0.5) is 0 Å². The summed E-state index contributed by atoms with van der Waals surface area (Å²) in [5, 5.41) is 0. The zero-order chi connectivity index (χ0) is 20.8. The number of hydrogen-bond acceptors (Lipinski definition) is 4. The van der Waals surface area contributed by atoms with Crippen LogP contribution in [0.2, 0.25) is 0 Å². The number of ether oxygens (including phenoxy) is 2. The van der Waals surface area contributed by atoms with Gasteiger partial charge >= 0.3 is 5.97 Å². The predicted molar refractivity (Wildman–Crippen MR) is 112 cm³/mol. The minimum atomic E-state index is -0.518. The smallest absolute Gasteiger partial charge is 0.338 e. The Bertz CT molecular complexity index is 1000. The van der Waals surface area contributed by atoms with Crippen LogP contribution in [-0.2, 0) is 11.3 Å². The van der Waals surface area contributed by atoms with Gasteiger partial charge in [0.2, 0.25) is 5.78 Å². The third-order valence-corrected chi connectivity index (χ3v) is 4.81. The maximum Gasteiger partial charge on any atom is 0.338 e. The molecule has 0 aliphatic rings. The van der Waals surface area contributed by atoms with Crippen molar-refractivity contribution in [1.82, 2.24) is 0 Å². The number of para-hydroxylation sites is 1. The van der Waals surface area contributed by atoms with E-state index in [2.05, 4.69) is 0 Å². The molecule has 4 nitrogen and oxygen atoms in total. The van der Waals surface area contributed by atoms with Gasteiger partial charge in [-0.3, -0.25) is 4.79 Å². The molecule has 0 bridgehead atoms. The van der Waals surface area contributed by atoms with E-state index >= 15 is 0 Å².